The predicted molar refractivity (Wildman–Crippen MR) is 105 cm³/mol. The van der Waals surface area contributed by atoms with Gasteiger partial charge >= 0.3 is 0 Å². The summed E-state index contributed by atoms with van der Waals surface area (Å²) in [5, 5.41) is 5.68. The Morgan fingerprint density at radius 1 is 1.00 bits per heavy atom. The smallest absolute Gasteiger partial charge is 0.251 e. The highest BCUT2D eigenvalue weighted by molar-refractivity contribution is 7.09. The van der Waals surface area contributed by atoms with Crippen LogP contribution in [-0.4, -0.2) is 32.2 Å². The summed E-state index contributed by atoms with van der Waals surface area (Å²) in [6.45, 7) is 0.355. The molecule has 27 heavy (non-hydrogen) atoms. The Morgan fingerprint density at radius 2 is 1.74 bits per heavy atom. The number of hydrogen-bond acceptors (Lipinski definition) is 6. The fourth-order valence-corrected chi connectivity index (χ4v) is 3.26. The minimum Gasteiger partial charge on any atom is -0.497 e. The number of benzene rings is 2. The molecule has 7 heteroatoms. The minimum absolute atomic E-state index is 0.197. The fraction of sp³-hybridized carbons (Fsp3) is 0.200. The summed E-state index contributed by atoms with van der Waals surface area (Å²) in [5.41, 5.74) is 2.38. The van der Waals surface area contributed by atoms with Crippen LogP contribution in [-0.2, 0) is 6.54 Å². The number of methoxy groups -OCH3 is 3. The summed E-state index contributed by atoms with van der Waals surface area (Å²) < 4.78 is 15.6. The Morgan fingerprint density at radius 3 is 2.41 bits per heavy atom. The van der Waals surface area contributed by atoms with Crippen molar-refractivity contribution < 1.29 is 19.0 Å². The molecule has 0 atom stereocenters. The van der Waals surface area contributed by atoms with E-state index in [4.69, 9.17) is 14.2 Å². The summed E-state index contributed by atoms with van der Waals surface area (Å²) >= 11 is 1.50. The molecule has 6 nitrogen and oxygen atoms in total. The molecule has 1 aromatic heterocycles. The largest absolute Gasteiger partial charge is 0.497 e. The van der Waals surface area contributed by atoms with Crippen molar-refractivity contribution in [2.45, 2.75) is 6.54 Å². The zero-order valence-electron chi connectivity index (χ0n) is 15.3. The van der Waals surface area contributed by atoms with Crippen LogP contribution in [0.25, 0.3) is 11.3 Å². The van der Waals surface area contributed by atoms with E-state index < -0.39 is 0 Å². The maximum absolute atomic E-state index is 12.4. The van der Waals surface area contributed by atoms with Crippen molar-refractivity contribution in [2.75, 3.05) is 21.3 Å². The first-order chi connectivity index (χ1) is 13.1. The summed E-state index contributed by atoms with van der Waals surface area (Å²) in [6, 6.07) is 12.8. The third-order valence-corrected chi connectivity index (χ3v) is 4.83. The van der Waals surface area contributed by atoms with Crippen molar-refractivity contribution in [1.82, 2.24) is 10.3 Å². The number of aromatic nitrogens is 1. The fourth-order valence-electron chi connectivity index (χ4n) is 2.52. The lowest BCUT2D eigenvalue weighted by atomic mass is 10.2. The lowest BCUT2D eigenvalue weighted by Gasteiger charge is -2.09. The molecular formula is C20H20N2O4S. The van der Waals surface area contributed by atoms with Crippen molar-refractivity contribution >= 4 is 17.2 Å². The second kappa shape index (κ2) is 8.55. The highest BCUT2D eigenvalue weighted by Gasteiger charge is 2.12. The van der Waals surface area contributed by atoms with E-state index in [1.807, 2.05) is 29.6 Å². The van der Waals surface area contributed by atoms with E-state index in [1.54, 1.807) is 32.4 Å². The summed E-state index contributed by atoms with van der Waals surface area (Å²) in [5.74, 6) is 1.70. The van der Waals surface area contributed by atoms with Crippen LogP contribution < -0.4 is 19.5 Å². The Kier molecular flexibility index (Phi) is 5.93. The predicted octanol–water partition coefficient (Wildman–Crippen LogP) is 3.77. The average Bonchev–Trinajstić information content (AvgIpc) is 3.20. The van der Waals surface area contributed by atoms with Gasteiger partial charge in [0.1, 0.15) is 10.8 Å². The van der Waals surface area contributed by atoms with Gasteiger partial charge in [-0.3, -0.25) is 4.79 Å². The first kappa shape index (κ1) is 18.7. The Labute approximate surface area is 161 Å². The standard InChI is InChI=1S/C20H20N2O4S/c1-24-15-7-4-13(5-8-15)16-12-27-19(22-16)11-21-20(23)14-6-9-17(25-2)18(10-14)26-3/h4-10,12H,11H2,1-3H3,(H,21,23). The molecule has 3 rings (SSSR count). The SMILES string of the molecule is COc1ccc(-c2csc(CNC(=O)c3ccc(OC)c(OC)c3)n2)cc1. The first-order valence-corrected chi connectivity index (χ1v) is 9.11. The molecule has 0 saturated heterocycles. The number of ether oxygens (including phenoxy) is 3. The van der Waals surface area contributed by atoms with Gasteiger partial charge in [-0.15, -0.1) is 11.3 Å². The molecule has 1 amide bonds. The molecule has 0 aliphatic heterocycles. The Hall–Kier alpha value is -3.06. The average molecular weight is 384 g/mol. The topological polar surface area (TPSA) is 69.7 Å². The first-order valence-electron chi connectivity index (χ1n) is 8.23. The van der Waals surface area contributed by atoms with Gasteiger partial charge in [0.05, 0.1) is 33.6 Å². The van der Waals surface area contributed by atoms with Crippen LogP contribution in [0.5, 0.6) is 17.2 Å². The Bertz CT molecular complexity index is 922. The number of thiazole rings is 1. The lowest BCUT2D eigenvalue weighted by Crippen LogP contribution is -2.22. The van der Waals surface area contributed by atoms with Crippen molar-refractivity contribution in [2.24, 2.45) is 0 Å². The van der Waals surface area contributed by atoms with Crippen LogP contribution in [0.1, 0.15) is 15.4 Å². The van der Waals surface area contributed by atoms with Crippen LogP contribution >= 0.6 is 11.3 Å². The maximum atomic E-state index is 12.4. The summed E-state index contributed by atoms with van der Waals surface area (Å²) in [6.07, 6.45) is 0. The molecule has 0 aliphatic carbocycles. The molecule has 3 aromatic rings. The molecule has 0 spiro atoms. The minimum atomic E-state index is -0.197. The van der Waals surface area contributed by atoms with Gasteiger partial charge in [-0.25, -0.2) is 4.98 Å². The van der Waals surface area contributed by atoms with E-state index in [-0.39, 0.29) is 5.91 Å². The molecule has 0 radical (unpaired) electrons. The number of amides is 1. The maximum Gasteiger partial charge on any atom is 0.251 e. The summed E-state index contributed by atoms with van der Waals surface area (Å²) in [4.78, 5) is 17.0. The zero-order valence-corrected chi connectivity index (χ0v) is 16.1. The highest BCUT2D eigenvalue weighted by Crippen LogP contribution is 2.28. The van der Waals surface area contributed by atoms with Gasteiger partial charge in [-0.1, -0.05) is 0 Å². The molecule has 140 valence electrons. The van der Waals surface area contributed by atoms with Crippen LogP contribution in [0.4, 0.5) is 0 Å². The zero-order chi connectivity index (χ0) is 19.2. The summed E-state index contributed by atoms with van der Waals surface area (Å²) in [7, 11) is 4.73. The number of nitrogens with zero attached hydrogens (tertiary/aromatic N) is 1. The number of hydrogen-bond donors (Lipinski definition) is 1. The van der Waals surface area contributed by atoms with Crippen molar-refractivity contribution in [3.8, 4) is 28.5 Å². The van der Waals surface area contributed by atoms with Crippen LogP contribution in [0.15, 0.2) is 47.8 Å². The van der Waals surface area contributed by atoms with Gasteiger partial charge in [0.15, 0.2) is 11.5 Å². The number of carbonyl (C=O) groups is 1. The van der Waals surface area contributed by atoms with Gasteiger partial charge in [-0.05, 0) is 42.5 Å². The molecule has 0 fully saturated rings. The third kappa shape index (κ3) is 4.38. The highest BCUT2D eigenvalue weighted by atomic mass is 32.1. The van der Waals surface area contributed by atoms with Crippen molar-refractivity contribution in [3.05, 3.63) is 58.4 Å². The number of rotatable bonds is 7. The van der Waals surface area contributed by atoms with E-state index in [0.717, 1.165) is 22.0 Å². The molecule has 0 bridgehead atoms. The molecule has 2 aromatic carbocycles. The van der Waals surface area contributed by atoms with E-state index in [2.05, 4.69) is 10.3 Å². The molecule has 0 saturated carbocycles. The van der Waals surface area contributed by atoms with Gasteiger partial charge in [0.2, 0.25) is 0 Å². The van der Waals surface area contributed by atoms with E-state index in [9.17, 15) is 4.79 Å². The van der Waals surface area contributed by atoms with Crippen LogP contribution in [0.2, 0.25) is 0 Å². The number of carbonyl (C=O) groups excluding carboxylic acids is 1. The molecular weight excluding hydrogens is 364 g/mol. The quantitative estimate of drug-likeness (QED) is 0.672. The van der Waals surface area contributed by atoms with Gasteiger partial charge in [0, 0.05) is 16.5 Å². The van der Waals surface area contributed by atoms with Crippen LogP contribution in [0, 0.1) is 0 Å². The van der Waals surface area contributed by atoms with Gasteiger partial charge < -0.3 is 19.5 Å². The van der Waals surface area contributed by atoms with Crippen molar-refractivity contribution in [3.63, 3.8) is 0 Å². The van der Waals surface area contributed by atoms with E-state index >= 15 is 0 Å². The second-order valence-corrected chi connectivity index (χ2v) is 6.55. The monoisotopic (exact) mass is 384 g/mol. The normalized spacial score (nSPS) is 10.3. The molecule has 1 heterocycles. The lowest BCUT2D eigenvalue weighted by molar-refractivity contribution is 0.0950. The van der Waals surface area contributed by atoms with Crippen molar-refractivity contribution in [1.29, 1.82) is 0 Å². The molecule has 1 N–H and O–H groups in total. The van der Waals surface area contributed by atoms with Gasteiger partial charge in [0.25, 0.3) is 5.91 Å². The third-order valence-electron chi connectivity index (χ3n) is 3.98. The van der Waals surface area contributed by atoms with E-state index in [0.29, 0.717) is 23.6 Å². The van der Waals surface area contributed by atoms with Crippen LogP contribution in [0.3, 0.4) is 0 Å². The Balaban J connectivity index is 1.65. The molecule has 0 unspecified atom stereocenters. The van der Waals surface area contributed by atoms with E-state index in [1.165, 1.54) is 18.4 Å². The second-order valence-electron chi connectivity index (χ2n) is 5.61. The molecule has 0 aliphatic rings. The van der Waals surface area contributed by atoms with Gasteiger partial charge in [-0.2, -0.15) is 0 Å². The number of nitrogens with one attached hydrogen (secondary N) is 1.